The van der Waals surface area contributed by atoms with E-state index >= 15 is 4.39 Å². The predicted molar refractivity (Wildman–Crippen MR) is 491 cm³/mol. The van der Waals surface area contributed by atoms with Crippen molar-refractivity contribution in [3.8, 4) is 44.5 Å². The summed E-state index contributed by atoms with van der Waals surface area (Å²) < 4.78 is 17.6. The molecule has 22 aromatic rings. The van der Waals surface area contributed by atoms with Gasteiger partial charge in [0.2, 0.25) is 0 Å². The molecule has 0 N–H and O–H groups in total. The highest BCUT2D eigenvalue weighted by Gasteiger charge is 2.28. The zero-order valence-electron chi connectivity index (χ0n) is 63.7. The van der Waals surface area contributed by atoms with Crippen molar-refractivity contribution in [3.63, 3.8) is 0 Å². The molecule has 22 rings (SSSR count). The van der Waals surface area contributed by atoms with Crippen molar-refractivity contribution >= 4 is 155 Å². The molecule has 7 heteroatoms. The monoisotopic (exact) mass is 1500 g/mol. The van der Waals surface area contributed by atoms with Gasteiger partial charge in [0, 0.05) is 67.9 Å². The summed E-state index contributed by atoms with van der Waals surface area (Å²) in [4.78, 5) is 18.9. The van der Waals surface area contributed by atoms with Crippen molar-refractivity contribution < 1.29 is 4.39 Å². The number of anilines is 12. The summed E-state index contributed by atoms with van der Waals surface area (Å²) in [5, 5.41) is 18.7. The van der Waals surface area contributed by atoms with Crippen molar-refractivity contribution in [1.82, 2.24) is 9.97 Å². The number of para-hydroxylation sites is 2. The molecule has 0 unspecified atom stereocenters. The molecular formula is C110H73FN6. The summed E-state index contributed by atoms with van der Waals surface area (Å²) in [6, 6.07) is 152. The van der Waals surface area contributed by atoms with Gasteiger partial charge in [0.1, 0.15) is 11.6 Å². The molecule has 0 fully saturated rings. The van der Waals surface area contributed by atoms with E-state index in [1.807, 2.05) is 109 Å². The second-order valence-corrected chi connectivity index (χ2v) is 29.7. The summed E-state index contributed by atoms with van der Waals surface area (Å²) in [7, 11) is 0. The molecule has 0 atom stereocenters. The van der Waals surface area contributed by atoms with E-state index in [0.717, 1.165) is 117 Å². The van der Waals surface area contributed by atoms with E-state index in [-0.39, 0.29) is 5.82 Å². The maximum absolute atomic E-state index is 17.6. The number of benzene rings is 20. The van der Waals surface area contributed by atoms with Gasteiger partial charge in [-0.05, 0) is 231 Å². The Kier molecular flexibility index (Phi) is 17.7. The first-order valence-electron chi connectivity index (χ1n) is 39.7. The molecule has 0 saturated heterocycles. The van der Waals surface area contributed by atoms with Crippen LogP contribution in [-0.2, 0) is 0 Å². The van der Waals surface area contributed by atoms with Gasteiger partial charge in [0.05, 0.1) is 28.4 Å². The molecule has 6 nitrogen and oxygen atoms in total. The van der Waals surface area contributed by atoms with Gasteiger partial charge in [-0.25, -0.2) is 14.4 Å². The number of rotatable bonds is 16. The molecule has 550 valence electrons. The highest BCUT2D eigenvalue weighted by Crippen LogP contribution is 2.52. The Balaban J connectivity index is 0.000000146. The first kappa shape index (κ1) is 69.4. The molecule has 0 amide bonds. The van der Waals surface area contributed by atoms with E-state index in [9.17, 15) is 0 Å². The van der Waals surface area contributed by atoms with E-state index in [0.29, 0.717) is 11.3 Å². The van der Waals surface area contributed by atoms with Gasteiger partial charge in [0.15, 0.2) is 5.82 Å². The molecular weight excluding hydrogens is 1420 g/mol. The number of hydrogen-bond donors (Lipinski definition) is 0. The van der Waals surface area contributed by atoms with Gasteiger partial charge < -0.3 is 9.80 Å². The maximum atomic E-state index is 17.6. The second kappa shape index (κ2) is 29.8. The molecule has 0 bridgehead atoms. The van der Waals surface area contributed by atoms with Crippen LogP contribution < -0.4 is 19.6 Å². The Morgan fingerprint density at radius 1 is 0.179 bits per heavy atom. The minimum atomic E-state index is -0.283. The largest absolute Gasteiger partial charge is 0.310 e. The van der Waals surface area contributed by atoms with Crippen LogP contribution in [0.15, 0.2) is 443 Å². The van der Waals surface area contributed by atoms with E-state index in [1.54, 1.807) is 0 Å². The van der Waals surface area contributed by atoms with Gasteiger partial charge in [-0.1, -0.05) is 303 Å². The van der Waals surface area contributed by atoms with Crippen LogP contribution >= 0.6 is 0 Å². The van der Waals surface area contributed by atoms with Crippen LogP contribution in [0, 0.1) is 5.82 Å². The van der Waals surface area contributed by atoms with E-state index in [1.165, 1.54) is 70.7 Å². The molecule has 2 aromatic heterocycles. The highest BCUT2D eigenvalue weighted by molar-refractivity contribution is 6.30. The SMILES string of the molecule is Fc1c(-c2ccccc2)cc(-c2ccccc2)cc1N(c1ccccc1)c1ccc2ccc3c(N(c4ccc5ccccc5c4)c4ccccn4)ccc4ccc1c2c43.c1ccc(-c2cc(-c3ccccc3)cc(N(c3ccccc3)c3ccc4ccc5c(N(c6ccc7ccccc7c6)c6ccccn6)ccc6ccc3c4c65)c2)cc1. The van der Waals surface area contributed by atoms with Crippen molar-refractivity contribution in [2.75, 3.05) is 19.6 Å². The van der Waals surface area contributed by atoms with Crippen LogP contribution in [0.4, 0.5) is 72.9 Å². The van der Waals surface area contributed by atoms with Gasteiger partial charge in [-0.2, -0.15) is 0 Å². The molecule has 0 aliphatic heterocycles. The Morgan fingerprint density at radius 3 is 0.889 bits per heavy atom. The maximum Gasteiger partial charge on any atom is 0.155 e. The van der Waals surface area contributed by atoms with E-state index in [4.69, 9.17) is 9.97 Å². The summed E-state index contributed by atoms with van der Waals surface area (Å²) in [6.45, 7) is 0. The van der Waals surface area contributed by atoms with Gasteiger partial charge in [-0.15, -0.1) is 0 Å². The number of aromatic nitrogens is 2. The first-order valence-corrected chi connectivity index (χ1v) is 39.7. The Labute approximate surface area is 677 Å². The smallest absolute Gasteiger partial charge is 0.155 e. The summed E-state index contributed by atoms with van der Waals surface area (Å²) in [5.74, 6) is 1.42. The molecule has 20 aromatic carbocycles. The standard InChI is InChI=1S/C55H36FN3.C55H37N3/c56-55-48(39-17-6-2-7-18-39)35-43(37-14-4-1-5-15-37)36-51(55)58(44-20-8-3-9-21-44)49-31-26-40-25-30-47-50(32-27-41-24-29-46(49)53(40)54(41)47)59(52-22-12-13-33-57-52)45-28-23-38-16-10-11-19-42(38)34-45;1-4-14-38(15-5-1)44-34-45(39-16-6-2-7-17-39)37-48(36-44)57(46-20-8-3-9-21-46)51-31-26-41-25-30-50-52(32-27-42-24-29-49(51)54(41)55(42)50)58(53-22-12-13-33-56-53)47-28-23-40-18-10-11-19-43(40)35-47/h1-36H;1-37H. The molecule has 2 heterocycles. The fourth-order valence-electron chi connectivity index (χ4n) is 17.4. The molecule has 0 aliphatic carbocycles. The van der Waals surface area contributed by atoms with Crippen molar-refractivity contribution in [1.29, 1.82) is 0 Å². The first-order chi connectivity index (χ1) is 58.0. The van der Waals surface area contributed by atoms with Crippen LogP contribution in [0.25, 0.3) is 131 Å². The molecule has 0 radical (unpaired) electrons. The molecule has 0 spiro atoms. The lowest BCUT2D eigenvalue weighted by atomic mass is 9.91. The molecule has 0 aliphatic rings. The molecule has 0 saturated carbocycles. The van der Waals surface area contributed by atoms with Crippen molar-refractivity contribution in [2.45, 2.75) is 0 Å². The zero-order chi connectivity index (χ0) is 77.7. The third kappa shape index (κ3) is 12.7. The Hall–Kier alpha value is -15.6. The topological polar surface area (TPSA) is 38.7 Å². The van der Waals surface area contributed by atoms with Crippen LogP contribution in [-0.4, -0.2) is 9.97 Å². The number of halogens is 1. The van der Waals surface area contributed by atoms with Crippen LogP contribution in [0.1, 0.15) is 0 Å². The third-order valence-corrected chi connectivity index (χ3v) is 22.8. The summed E-state index contributed by atoms with van der Waals surface area (Å²) >= 11 is 0. The van der Waals surface area contributed by atoms with Crippen molar-refractivity contribution in [2.24, 2.45) is 0 Å². The third-order valence-electron chi connectivity index (χ3n) is 22.8. The fraction of sp³-hybridized carbons (Fsp3) is 0. The average molecular weight is 1500 g/mol. The summed E-state index contributed by atoms with van der Waals surface area (Å²) in [5.41, 5.74) is 17.8. The lowest BCUT2D eigenvalue weighted by Gasteiger charge is -2.30. The molecule has 117 heavy (non-hydrogen) atoms. The average Bonchev–Trinajstić information content (AvgIpc) is 0.722. The second-order valence-electron chi connectivity index (χ2n) is 29.7. The lowest BCUT2D eigenvalue weighted by Crippen LogP contribution is -2.13. The zero-order valence-corrected chi connectivity index (χ0v) is 63.7. The van der Waals surface area contributed by atoms with Gasteiger partial charge in [-0.3, -0.25) is 9.80 Å². The van der Waals surface area contributed by atoms with Gasteiger partial charge in [0.25, 0.3) is 0 Å². The lowest BCUT2D eigenvalue weighted by molar-refractivity contribution is 0.632. The normalized spacial score (nSPS) is 11.5. The minimum Gasteiger partial charge on any atom is -0.310 e. The quantitative estimate of drug-likeness (QED) is 0.0898. The summed E-state index contributed by atoms with van der Waals surface area (Å²) in [6.07, 6.45) is 3.72. The van der Waals surface area contributed by atoms with E-state index < -0.39 is 0 Å². The van der Waals surface area contributed by atoms with Crippen molar-refractivity contribution in [3.05, 3.63) is 449 Å². The van der Waals surface area contributed by atoms with Crippen LogP contribution in [0.5, 0.6) is 0 Å². The Morgan fingerprint density at radius 2 is 0.496 bits per heavy atom. The Bertz CT molecular complexity index is 7330. The number of pyridine rings is 2. The fourth-order valence-corrected chi connectivity index (χ4v) is 17.4. The van der Waals surface area contributed by atoms with E-state index in [2.05, 4.69) is 353 Å². The number of nitrogens with zero attached hydrogens (tertiary/aromatic N) is 6. The minimum absolute atomic E-state index is 0.283. The highest BCUT2D eigenvalue weighted by atomic mass is 19.1. The predicted octanol–water partition coefficient (Wildman–Crippen LogP) is 31.0. The van der Waals surface area contributed by atoms with Crippen LogP contribution in [0.2, 0.25) is 0 Å². The number of hydrogen-bond acceptors (Lipinski definition) is 6. The van der Waals surface area contributed by atoms with Crippen LogP contribution in [0.3, 0.4) is 0 Å². The number of fused-ring (bicyclic) bond motifs is 2. The van der Waals surface area contributed by atoms with Gasteiger partial charge >= 0.3 is 0 Å².